The van der Waals surface area contributed by atoms with Crippen LogP contribution in [0.4, 0.5) is 0 Å². The number of hydrogen-bond acceptors (Lipinski definition) is 4. The van der Waals surface area contributed by atoms with Crippen LogP contribution in [0, 0.1) is 0 Å². The molecule has 0 radical (unpaired) electrons. The van der Waals surface area contributed by atoms with Crippen LogP contribution in [-0.2, 0) is 6.54 Å². The normalized spacial score (nSPS) is 11.0. The van der Waals surface area contributed by atoms with Gasteiger partial charge >= 0.3 is 0 Å². The highest BCUT2D eigenvalue weighted by atomic mass is 15.3. The van der Waals surface area contributed by atoms with Gasteiger partial charge in [-0.2, -0.15) is 5.10 Å². The van der Waals surface area contributed by atoms with Crippen LogP contribution in [-0.4, -0.2) is 53.4 Å². The van der Waals surface area contributed by atoms with Gasteiger partial charge in [-0.1, -0.05) is 0 Å². The zero-order chi connectivity index (χ0) is 9.52. The maximum Gasteiger partial charge on any atom is 0.137 e. The number of likely N-dealkylation sites (N-methyl/N-ethyl adjacent to an activating group) is 2. The Labute approximate surface area is 78.8 Å². The van der Waals surface area contributed by atoms with E-state index < -0.39 is 0 Å². The van der Waals surface area contributed by atoms with Crippen molar-refractivity contribution in [1.82, 2.24) is 25.0 Å². The number of nitrogens with one attached hydrogen (secondary N) is 1. The van der Waals surface area contributed by atoms with Crippen LogP contribution in [0.5, 0.6) is 0 Å². The van der Waals surface area contributed by atoms with Gasteiger partial charge in [-0.15, -0.1) is 0 Å². The zero-order valence-electron chi connectivity index (χ0n) is 8.27. The minimum Gasteiger partial charge on any atom is -0.318 e. The van der Waals surface area contributed by atoms with Crippen molar-refractivity contribution in [3.63, 3.8) is 0 Å². The van der Waals surface area contributed by atoms with E-state index in [1.165, 1.54) is 0 Å². The van der Waals surface area contributed by atoms with Gasteiger partial charge in [0, 0.05) is 19.6 Å². The number of rotatable bonds is 6. The van der Waals surface area contributed by atoms with Crippen molar-refractivity contribution in [2.24, 2.45) is 0 Å². The molecule has 1 N–H and O–H groups in total. The van der Waals surface area contributed by atoms with Gasteiger partial charge in [0.05, 0.1) is 6.54 Å². The molecule has 0 aliphatic carbocycles. The lowest BCUT2D eigenvalue weighted by Gasteiger charge is -2.15. The molecule has 1 aromatic rings. The quantitative estimate of drug-likeness (QED) is 0.641. The number of hydrogen-bond donors (Lipinski definition) is 1. The highest BCUT2D eigenvalue weighted by Gasteiger charge is 1.97. The molecular weight excluding hydrogens is 166 g/mol. The van der Waals surface area contributed by atoms with Gasteiger partial charge in [-0.25, -0.2) is 4.98 Å². The van der Waals surface area contributed by atoms with Gasteiger partial charge < -0.3 is 10.2 Å². The van der Waals surface area contributed by atoms with Crippen LogP contribution >= 0.6 is 0 Å². The molecular formula is C8H17N5. The summed E-state index contributed by atoms with van der Waals surface area (Å²) in [7, 11) is 4.07. The van der Waals surface area contributed by atoms with Crippen LogP contribution in [0.15, 0.2) is 12.7 Å². The Morgan fingerprint density at radius 2 is 2.31 bits per heavy atom. The molecule has 0 amide bonds. The Morgan fingerprint density at radius 1 is 1.46 bits per heavy atom. The molecule has 0 atom stereocenters. The first-order valence-electron chi connectivity index (χ1n) is 4.48. The lowest BCUT2D eigenvalue weighted by atomic mass is 10.5. The summed E-state index contributed by atoms with van der Waals surface area (Å²) < 4.78 is 1.84. The first-order valence-corrected chi connectivity index (χ1v) is 4.48. The first-order chi connectivity index (χ1) is 6.33. The van der Waals surface area contributed by atoms with E-state index in [0.717, 1.165) is 26.2 Å². The fourth-order valence-corrected chi connectivity index (χ4v) is 1.04. The summed E-state index contributed by atoms with van der Waals surface area (Å²) >= 11 is 0. The van der Waals surface area contributed by atoms with Crippen molar-refractivity contribution >= 4 is 0 Å². The molecule has 0 saturated heterocycles. The van der Waals surface area contributed by atoms with E-state index in [4.69, 9.17) is 0 Å². The second-order valence-corrected chi connectivity index (χ2v) is 3.07. The minimum atomic E-state index is 0.903. The van der Waals surface area contributed by atoms with Gasteiger partial charge in [-0.05, 0) is 14.1 Å². The smallest absolute Gasteiger partial charge is 0.137 e. The maximum atomic E-state index is 4.03. The van der Waals surface area contributed by atoms with E-state index in [9.17, 15) is 0 Å². The van der Waals surface area contributed by atoms with Crippen molar-refractivity contribution in [1.29, 1.82) is 0 Å². The summed E-state index contributed by atoms with van der Waals surface area (Å²) in [6, 6.07) is 0. The summed E-state index contributed by atoms with van der Waals surface area (Å²) in [5.41, 5.74) is 0. The third-order valence-corrected chi connectivity index (χ3v) is 1.92. The average Bonchev–Trinajstić information content (AvgIpc) is 2.64. The van der Waals surface area contributed by atoms with Crippen molar-refractivity contribution < 1.29 is 0 Å². The van der Waals surface area contributed by atoms with E-state index in [1.807, 2.05) is 11.7 Å². The molecule has 74 valence electrons. The molecule has 0 aliphatic heterocycles. The lowest BCUT2D eigenvalue weighted by molar-refractivity contribution is 0.313. The molecule has 0 bridgehead atoms. The van der Waals surface area contributed by atoms with Gasteiger partial charge in [0.15, 0.2) is 0 Å². The summed E-state index contributed by atoms with van der Waals surface area (Å²) in [5, 5.41) is 7.15. The van der Waals surface area contributed by atoms with Crippen LogP contribution in [0.2, 0.25) is 0 Å². The molecule has 0 aliphatic rings. The number of aromatic nitrogens is 3. The fraction of sp³-hybridized carbons (Fsp3) is 0.750. The third kappa shape index (κ3) is 4.00. The van der Waals surface area contributed by atoms with E-state index in [0.29, 0.717) is 0 Å². The summed E-state index contributed by atoms with van der Waals surface area (Å²) in [6.07, 6.45) is 3.31. The maximum absolute atomic E-state index is 4.03. The van der Waals surface area contributed by atoms with Crippen LogP contribution in [0.25, 0.3) is 0 Å². The Morgan fingerprint density at radius 3 is 2.92 bits per heavy atom. The molecule has 13 heavy (non-hydrogen) atoms. The molecule has 5 nitrogen and oxygen atoms in total. The van der Waals surface area contributed by atoms with Crippen molar-refractivity contribution in [2.75, 3.05) is 33.7 Å². The molecule has 1 heterocycles. The molecule has 0 saturated carbocycles. The predicted molar refractivity (Wildman–Crippen MR) is 51.4 cm³/mol. The summed E-state index contributed by atoms with van der Waals surface area (Å²) in [6.45, 7) is 3.99. The molecule has 0 unspecified atom stereocenters. The van der Waals surface area contributed by atoms with E-state index in [2.05, 4.69) is 27.3 Å². The zero-order valence-corrected chi connectivity index (χ0v) is 8.27. The Hall–Kier alpha value is -0.940. The van der Waals surface area contributed by atoms with Crippen molar-refractivity contribution in [2.45, 2.75) is 6.54 Å². The van der Waals surface area contributed by atoms with Gasteiger partial charge in [0.2, 0.25) is 0 Å². The molecule has 1 rings (SSSR count). The topological polar surface area (TPSA) is 46.0 Å². The Kier molecular flexibility index (Phi) is 4.42. The molecule has 0 fully saturated rings. The van der Waals surface area contributed by atoms with Gasteiger partial charge in [-0.3, -0.25) is 4.68 Å². The minimum absolute atomic E-state index is 0.903. The largest absolute Gasteiger partial charge is 0.318 e. The Bertz CT molecular complexity index is 208. The predicted octanol–water partition coefficient (Wildman–Crippen LogP) is -0.571. The highest BCUT2D eigenvalue weighted by Crippen LogP contribution is 1.85. The number of nitrogens with zero attached hydrogens (tertiary/aromatic N) is 4. The monoisotopic (exact) mass is 183 g/mol. The van der Waals surface area contributed by atoms with Gasteiger partial charge in [0.25, 0.3) is 0 Å². The van der Waals surface area contributed by atoms with Gasteiger partial charge in [0.1, 0.15) is 12.7 Å². The second-order valence-electron chi connectivity index (χ2n) is 3.07. The third-order valence-electron chi connectivity index (χ3n) is 1.92. The molecule has 1 aromatic heterocycles. The Balaban J connectivity index is 2.11. The summed E-state index contributed by atoms with van der Waals surface area (Å²) in [5.74, 6) is 0. The van der Waals surface area contributed by atoms with E-state index >= 15 is 0 Å². The first kappa shape index (κ1) is 10.1. The fourth-order valence-electron chi connectivity index (χ4n) is 1.04. The summed E-state index contributed by atoms with van der Waals surface area (Å²) in [4.78, 5) is 6.15. The van der Waals surface area contributed by atoms with E-state index in [1.54, 1.807) is 12.7 Å². The molecule has 0 spiro atoms. The molecule has 0 aromatic carbocycles. The van der Waals surface area contributed by atoms with E-state index in [-0.39, 0.29) is 0 Å². The SMILES string of the molecule is CNCCN(C)CCn1cncn1. The second kappa shape index (κ2) is 5.66. The average molecular weight is 183 g/mol. The standard InChI is InChI=1S/C8H17N5/c1-9-3-4-12(2)5-6-13-8-10-7-11-13/h7-9H,3-6H2,1-2H3. The molecule has 5 heteroatoms. The van der Waals surface area contributed by atoms with Crippen molar-refractivity contribution in [3.05, 3.63) is 12.7 Å². The van der Waals surface area contributed by atoms with Crippen molar-refractivity contribution in [3.8, 4) is 0 Å². The van der Waals surface area contributed by atoms with Crippen LogP contribution in [0.1, 0.15) is 0 Å². The highest BCUT2D eigenvalue weighted by molar-refractivity contribution is 4.58. The van der Waals surface area contributed by atoms with Crippen LogP contribution in [0.3, 0.4) is 0 Å². The van der Waals surface area contributed by atoms with Crippen LogP contribution < -0.4 is 5.32 Å². The lowest BCUT2D eigenvalue weighted by Crippen LogP contribution is -2.30.